The summed E-state index contributed by atoms with van der Waals surface area (Å²) in [7, 11) is 0. The molecule has 0 unspecified atom stereocenters. The van der Waals surface area contributed by atoms with Crippen LogP contribution in [0.25, 0.3) is 0 Å². The van der Waals surface area contributed by atoms with Crippen molar-refractivity contribution in [1.82, 2.24) is 5.32 Å². The van der Waals surface area contributed by atoms with Crippen molar-refractivity contribution in [2.75, 3.05) is 4.90 Å². The molecule has 2 aromatic rings. The van der Waals surface area contributed by atoms with E-state index in [-0.39, 0.29) is 29.6 Å². The Kier molecular flexibility index (Phi) is 4.99. The first-order valence-electron chi connectivity index (χ1n) is 9.84. The van der Waals surface area contributed by atoms with Crippen LogP contribution in [0.1, 0.15) is 42.1 Å². The van der Waals surface area contributed by atoms with E-state index < -0.39 is 0 Å². The maximum absolute atomic E-state index is 12.8. The first-order valence-corrected chi connectivity index (χ1v) is 9.84. The SMILES string of the molecule is C[C@@H]1CC[C@H]2C(=O)N(c3ccc(C(=O)NCc4ccccc4)cc3)C(=O)[C@@H]2C1. The van der Waals surface area contributed by atoms with Crippen molar-refractivity contribution in [1.29, 1.82) is 0 Å². The summed E-state index contributed by atoms with van der Waals surface area (Å²) in [6, 6.07) is 16.4. The van der Waals surface area contributed by atoms with Crippen LogP contribution in [0.5, 0.6) is 0 Å². The average molecular weight is 376 g/mol. The molecule has 3 amide bonds. The summed E-state index contributed by atoms with van der Waals surface area (Å²) < 4.78 is 0. The summed E-state index contributed by atoms with van der Waals surface area (Å²) in [5, 5.41) is 2.88. The first-order chi connectivity index (χ1) is 13.5. The lowest BCUT2D eigenvalue weighted by Crippen LogP contribution is -2.31. The molecule has 1 heterocycles. The minimum Gasteiger partial charge on any atom is -0.348 e. The van der Waals surface area contributed by atoms with Gasteiger partial charge in [0.25, 0.3) is 5.91 Å². The molecule has 5 heteroatoms. The monoisotopic (exact) mass is 376 g/mol. The van der Waals surface area contributed by atoms with E-state index in [9.17, 15) is 14.4 Å². The van der Waals surface area contributed by atoms with Crippen LogP contribution < -0.4 is 10.2 Å². The van der Waals surface area contributed by atoms with Gasteiger partial charge in [-0.15, -0.1) is 0 Å². The molecule has 0 spiro atoms. The number of anilines is 1. The van der Waals surface area contributed by atoms with Gasteiger partial charge in [0, 0.05) is 12.1 Å². The number of nitrogens with zero attached hydrogens (tertiary/aromatic N) is 1. The van der Waals surface area contributed by atoms with Gasteiger partial charge in [-0.3, -0.25) is 19.3 Å². The fourth-order valence-electron chi connectivity index (χ4n) is 4.29. The van der Waals surface area contributed by atoms with E-state index in [1.807, 2.05) is 30.3 Å². The second-order valence-corrected chi connectivity index (χ2v) is 7.86. The molecule has 0 bridgehead atoms. The van der Waals surface area contributed by atoms with E-state index in [2.05, 4.69) is 12.2 Å². The van der Waals surface area contributed by atoms with Gasteiger partial charge in [0.15, 0.2) is 0 Å². The Morgan fingerprint density at radius 2 is 1.64 bits per heavy atom. The highest BCUT2D eigenvalue weighted by molar-refractivity contribution is 6.22. The van der Waals surface area contributed by atoms with Gasteiger partial charge in [-0.1, -0.05) is 37.3 Å². The molecule has 2 aromatic carbocycles. The van der Waals surface area contributed by atoms with Gasteiger partial charge in [0.1, 0.15) is 0 Å². The molecule has 3 atom stereocenters. The van der Waals surface area contributed by atoms with Crippen molar-refractivity contribution in [3.63, 3.8) is 0 Å². The van der Waals surface area contributed by atoms with Crippen LogP contribution in [0.15, 0.2) is 54.6 Å². The van der Waals surface area contributed by atoms with Crippen molar-refractivity contribution in [2.45, 2.75) is 32.7 Å². The molecular formula is C23H24N2O3. The number of rotatable bonds is 4. The Bertz CT molecular complexity index is 892. The third-order valence-corrected chi connectivity index (χ3v) is 5.87. The van der Waals surface area contributed by atoms with Gasteiger partial charge in [0.2, 0.25) is 11.8 Å². The van der Waals surface area contributed by atoms with Crippen LogP contribution in [0, 0.1) is 17.8 Å². The molecule has 0 radical (unpaired) electrons. The molecule has 2 fully saturated rings. The number of nitrogens with one attached hydrogen (secondary N) is 1. The Labute approximate surface area is 164 Å². The van der Waals surface area contributed by atoms with Crippen molar-refractivity contribution < 1.29 is 14.4 Å². The molecule has 28 heavy (non-hydrogen) atoms. The molecule has 2 aliphatic rings. The third kappa shape index (κ3) is 3.44. The fraction of sp³-hybridized carbons (Fsp3) is 0.348. The van der Waals surface area contributed by atoms with E-state index in [1.165, 1.54) is 4.90 Å². The molecule has 1 N–H and O–H groups in total. The molecule has 5 nitrogen and oxygen atoms in total. The Morgan fingerprint density at radius 1 is 0.964 bits per heavy atom. The first kappa shape index (κ1) is 18.4. The summed E-state index contributed by atoms with van der Waals surface area (Å²) >= 11 is 0. The van der Waals surface area contributed by atoms with E-state index >= 15 is 0 Å². The lowest BCUT2D eigenvalue weighted by molar-refractivity contribution is -0.122. The minimum atomic E-state index is -0.190. The zero-order chi connectivity index (χ0) is 19.7. The van der Waals surface area contributed by atoms with Gasteiger partial charge in [-0.25, -0.2) is 0 Å². The molecule has 144 valence electrons. The zero-order valence-electron chi connectivity index (χ0n) is 15.9. The van der Waals surface area contributed by atoms with E-state index in [1.54, 1.807) is 24.3 Å². The topological polar surface area (TPSA) is 66.5 Å². The number of amides is 3. The van der Waals surface area contributed by atoms with Crippen molar-refractivity contribution >= 4 is 23.4 Å². The minimum absolute atomic E-state index is 0.0943. The van der Waals surface area contributed by atoms with Crippen LogP contribution in [0.2, 0.25) is 0 Å². The third-order valence-electron chi connectivity index (χ3n) is 5.87. The molecule has 1 aliphatic heterocycles. The highest BCUT2D eigenvalue weighted by atomic mass is 16.2. The summed E-state index contributed by atoms with van der Waals surface area (Å²) in [4.78, 5) is 39.2. The molecular weight excluding hydrogens is 352 g/mol. The second-order valence-electron chi connectivity index (χ2n) is 7.86. The molecule has 1 saturated carbocycles. The van der Waals surface area contributed by atoms with Crippen LogP contribution in [-0.2, 0) is 16.1 Å². The molecule has 1 saturated heterocycles. The maximum atomic E-state index is 12.8. The van der Waals surface area contributed by atoms with Crippen LogP contribution in [-0.4, -0.2) is 17.7 Å². The zero-order valence-corrected chi connectivity index (χ0v) is 15.9. The predicted molar refractivity (Wildman–Crippen MR) is 107 cm³/mol. The maximum Gasteiger partial charge on any atom is 0.251 e. The van der Waals surface area contributed by atoms with Crippen molar-refractivity contribution in [3.05, 3.63) is 65.7 Å². The average Bonchev–Trinajstić information content (AvgIpc) is 2.97. The smallest absolute Gasteiger partial charge is 0.251 e. The lowest BCUT2D eigenvalue weighted by Gasteiger charge is -2.25. The van der Waals surface area contributed by atoms with Crippen molar-refractivity contribution in [2.24, 2.45) is 17.8 Å². The van der Waals surface area contributed by atoms with Gasteiger partial charge >= 0.3 is 0 Å². The van der Waals surface area contributed by atoms with Crippen molar-refractivity contribution in [3.8, 4) is 0 Å². The van der Waals surface area contributed by atoms with E-state index in [4.69, 9.17) is 0 Å². The lowest BCUT2D eigenvalue weighted by atomic mass is 9.76. The standard InChI is InChI=1S/C23H24N2O3/c1-15-7-12-19-20(13-15)23(28)25(22(19)27)18-10-8-17(9-11-18)21(26)24-14-16-5-3-2-4-6-16/h2-6,8-11,15,19-20H,7,12-14H2,1H3,(H,24,26)/t15-,19-,20-/m1/s1. The highest BCUT2D eigenvalue weighted by Crippen LogP contribution is 2.42. The molecule has 4 rings (SSSR count). The van der Waals surface area contributed by atoms with E-state index in [0.717, 1.165) is 24.8 Å². The number of carbonyl (C=O) groups excluding carboxylic acids is 3. The summed E-state index contributed by atoms with van der Waals surface area (Å²) in [6.07, 6.45) is 2.56. The number of hydrogen-bond acceptors (Lipinski definition) is 3. The quantitative estimate of drug-likeness (QED) is 0.830. The van der Waals surface area contributed by atoms with Crippen LogP contribution in [0.3, 0.4) is 0 Å². The summed E-state index contributed by atoms with van der Waals surface area (Å²) in [6.45, 7) is 2.59. The van der Waals surface area contributed by atoms with Crippen LogP contribution in [0.4, 0.5) is 5.69 Å². The largest absolute Gasteiger partial charge is 0.348 e. The predicted octanol–water partition coefficient (Wildman–Crippen LogP) is 3.54. The number of fused-ring (bicyclic) bond motifs is 1. The van der Waals surface area contributed by atoms with E-state index in [0.29, 0.717) is 23.7 Å². The summed E-state index contributed by atoms with van der Waals surface area (Å²) in [5.41, 5.74) is 2.08. The number of benzene rings is 2. The Morgan fingerprint density at radius 3 is 2.36 bits per heavy atom. The van der Waals surface area contributed by atoms with Crippen LogP contribution >= 0.6 is 0 Å². The van der Waals surface area contributed by atoms with Gasteiger partial charge in [-0.05, 0) is 55.0 Å². The summed E-state index contributed by atoms with van der Waals surface area (Å²) in [5.74, 6) is -0.265. The Balaban J connectivity index is 1.45. The number of imide groups is 1. The molecule has 1 aliphatic carbocycles. The number of hydrogen-bond donors (Lipinski definition) is 1. The van der Waals surface area contributed by atoms with Gasteiger partial charge in [0.05, 0.1) is 17.5 Å². The normalized spacial score (nSPS) is 24.2. The van der Waals surface area contributed by atoms with Gasteiger partial charge < -0.3 is 5.32 Å². The fourth-order valence-corrected chi connectivity index (χ4v) is 4.29. The number of carbonyl (C=O) groups is 3. The Hall–Kier alpha value is -2.95. The molecule has 0 aromatic heterocycles. The highest BCUT2D eigenvalue weighted by Gasteiger charge is 2.49. The second kappa shape index (κ2) is 7.58. The van der Waals surface area contributed by atoms with Gasteiger partial charge in [-0.2, -0.15) is 0 Å².